The third-order valence-corrected chi connectivity index (χ3v) is 4.73. The topological polar surface area (TPSA) is 84.2 Å². The van der Waals surface area contributed by atoms with Gasteiger partial charge in [-0.25, -0.2) is 9.78 Å². The predicted molar refractivity (Wildman–Crippen MR) is 102 cm³/mol. The largest absolute Gasteiger partial charge is 0.431 e. The molecule has 0 fully saturated rings. The van der Waals surface area contributed by atoms with Crippen LogP contribution >= 0.6 is 11.8 Å². The Balaban J connectivity index is 1.58. The van der Waals surface area contributed by atoms with E-state index in [9.17, 15) is 9.59 Å². The Labute approximate surface area is 155 Å². The monoisotopic (exact) mass is 369 g/mol. The number of fused-ring (bicyclic) bond motifs is 1. The molecule has 0 aliphatic heterocycles. The van der Waals surface area contributed by atoms with Crippen LogP contribution in [-0.2, 0) is 4.79 Å². The van der Waals surface area contributed by atoms with Crippen molar-refractivity contribution in [1.29, 1.82) is 0 Å². The fourth-order valence-corrected chi connectivity index (χ4v) is 3.18. The second-order valence-corrected chi connectivity index (χ2v) is 7.26. The van der Waals surface area contributed by atoms with E-state index in [-0.39, 0.29) is 0 Å². The van der Waals surface area contributed by atoms with Gasteiger partial charge < -0.3 is 9.73 Å². The summed E-state index contributed by atoms with van der Waals surface area (Å²) in [6.07, 6.45) is 0. The molecule has 0 aliphatic rings. The van der Waals surface area contributed by atoms with Crippen molar-refractivity contribution < 1.29 is 14.0 Å². The fraction of sp³-hybridized carbons (Fsp3) is 0.211. The number of nitrogens with zero attached hydrogens (tertiary/aromatic N) is 1. The van der Waals surface area contributed by atoms with Crippen molar-refractivity contribution >= 4 is 40.5 Å². The molecular weight excluding hydrogens is 350 g/mol. The molecule has 0 saturated carbocycles. The number of aryl methyl sites for hydroxylation is 2. The zero-order valence-corrected chi connectivity index (χ0v) is 15.5. The van der Waals surface area contributed by atoms with Crippen molar-refractivity contribution in [1.82, 2.24) is 10.3 Å². The Hall–Kier alpha value is -2.80. The second kappa shape index (κ2) is 7.61. The summed E-state index contributed by atoms with van der Waals surface area (Å²) in [6.45, 7) is 5.57. The van der Waals surface area contributed by atoms with Crippen LogP contribution in [0.25, 0.3) is 11.1 Å². The smallest absolute Gasteiger partial charge is 0.325 e. The van der Waals surface area contributed by atoms with Gasteiger partial charge in [0.25, 0.3) is 5.22 Å². The number of carbonyl (C=O) groups is 2. The van der Waals surface area contributed by atoms with Crippen molar-refractivity contribution in [3.63, 3.8) is 0 Å². The first-order valence-corrected chi connectivity index (χ1v) is 9.01. The number of nitrogens with one attached hydrogen (secondary N) is 2. The van der Waals surface area contributed by atoms with Crippen LogP contribution in [0.4, 0.5) is 10.5 Å². The van der Waals surface area contributed by atoms with Crippen LogP contribution in [0.1, 0.15) is 18.1 Å². The van der Waals surface area contributed by atoms with Crippen LogP contribution in [-0.4, -0.2) is 22.2 Å². The number of thioether (sulfide) groups is 1. The average Bonchev–Trinajstić information content (AvgIpc) is 2.99. The summed E-state index contributed by atoms with van der Waals surface area (Å²) in [5, 5.41) is 4.89. The number of anilines is 1. The molecule has 6 nitrogen and oxygen atoms in total. The molecular formula is C19H19N3O3S. The first-order valence-electron chi connectivity index (χ1n) is 8.13. The van der Waals surface area contributed by atoms with Crippen LogP contribution in [0, 0.1) is 13.8 Å². The third kappa shape index (κ3) is 4.23. The highest BCUT2D eigenvalue weighted by Crippen LogP contribution is 2.26. The highest BCUT2D eigenvalue weighted by Gasteiger charge is 2.20. The Morgan fingerprint density at radius 2 is 1.92 bits per heavy atom. The summed E-state index contributed by atoms with van der Waals surface area (Å²) in [6, 6.07) is 12.5. The summed E-state index contributed by atoms with van der Waals surface area (Å²) in [5.41, 5.74) is 4.10. The normalized spacial score (nSPS) is 12.0. The van der Waals surface area contributed by atoms with Crippen molar-refractivity contribution in [2.75, 3.05) is 5.32 Å². The number of imide groups is 1. The summed E-state index contributed by atoms with van der Waals surface area (Å²) in [4.78, 5) is 28.6. The lowest BCUT2D eigenvalue weighted by molar-refractivity contribution is -0.119. The molecule has 3 aromatic rings. The van der Waals surface area contributed by atoms with Gasteiger partial charge in [0.1, 0.15) is 5.52 Å². The van der Waals surface area contributed by atoms with Gasteiger partial charge in [0.15, 0.2) is 5.58 Å². The zero-order chi connectivity index (χ0) is 18.7. The average molecular weight is 369 g/mol. The van der Waals surface area contributed by atoms with Crippen molar-refractivity contribution in [2.45, 2.75) is 31.2 Å². The molecule has 26 heavy (non-hydrogen) atoms. The first-order chi connectivity index (χ1) is 12.4. The lowest BCUT2D eigenvalue weighted by Crippen LogP contribution is -2.39. The number of urea groups is 1. The Morgan fingerprint density at radius 1 is 1.15 bits per heavy atom. The number of carbonyl (C=O) groups excluding carboxylic acids is 2. The first kappa shape index (κ1) is 18.0. The van der Waals surface area contributed by atoms with E-state index >= 15 is 0 Å². The van der Waals surface area contributed by atoms with E-state index in [1.807, 2.05) is 56.3 Å². The molecule has 0 saturated heterocycles. The maximum Gasteiger partial charge on any atom is 0.325 e. The fourth-order valence-electron chi connectivity index (χ4n) is 2.43. The van der Waals surface area contributed by atoms with E-state index in [1.54, 1.807) is 6.92 Å². The summed E-state index contributed by atoms with van der Waals surface area (Å²) < 4.78 is 5.59. The van der Waals surface area contributed by atoms with Gasteiger partial charge in [0.05, 0.1) is 5.25 Å². The van der Waals surface area contributed by atoms with Crippen molar-refractivity contribution in [3.05, 3.63) is 53.6 Å². The Kier molecular flexibility index (Phi) is 5.27. The maximum absolute atomic E-state index is 12.2. The number of aromatic nitrogens is 1. The molecule has 0 spiro atoms. The van der Waals surface area contributed by atoms with Crippen LogP contribution < -0.4 is 10.6 Å². The molecule has 3 amide bonds. The van der Waals surface area contributed by atoms with Crippen LogP contribution in [0.15, 0.2) is 52.1 Å². The molecule has 0 aliphatic carbocycles. The van der Waals surface area contributed by atoms with E-state index in [1.165, 1.54) is 0 Å². The number of amides is 3. The van der Waals surface area contributed by atoms with Gasteiger partial charge in [-0.15, -0.1) is 0 Å². The molecule has 1 atom stereocenters. The molecule has 134 valence electrons. The SMILES string of the molecule is Cc1ccc(NC(=O)NC(=O)C(C)Sc2nc3ccccc3o2)c(C)c1. The Morgan fingerprint density at radius 3 is 2.65 bits per heavy atom. The molecule has 2 aromatic carbocycles. The van der Waals surface area contributed by atoms with Gasteiger partial charge in [-0.05, 0) is 44.5 Å². The zero-order valence-electron chi connectivity index (χ0n) is 14.7. The Bertz CT molecular complexity index is 935. The predicted octanol–water partition coefficient (Wildman–Crippen LogP) is 4.27. The van der Waals surface area contributed by atoms with E-state index in [0.29, 0.717) is 16.5 Å². The molecule has 0 bridgehead atoms. The lowest BCUT2D eigenvalue weighted by Gasteiger charge is -2.12. The number of hydrogen-bond acceptors (Lipinski definition) is 5. The van der Waals surface area contributed by atoms with Gasteiger partial charge in [-0.1, -0.05) is 41.6 Å². The number of benzene rings is 2. The van der Waals surface area contributed by atoms with Gasteiger partial charge in [-0.2, -0.15) is 0 Å². The highest BCUT2D eigenvalue weighted by atomic mass is 32.2. The maximum atomic E-state index is 12.2. The molecule has 7 heteroatoms. The third-order valence-electron chi connectivity index (χ3n) is 3.79. The van der Waals surface area contributed by atoms with Gasteiger partial charge in [0, 0.05) is 5.69 Å². The van der Waals surface area contributed by atoms with Gasteiger partial charge in [0.2, 0.25) is 5.91 Å². The van der Waals surface area contributed by atoms with Gasteiger partial charge in [-0.3, -0.25) is 10.1 Å². The van der Waals surface area contributed by atoms with Crippen LogP contribution in [0.5, 0.6) is 0 Å². The van der Waals surface area contributed by atoms with E-state index in [4.69, 9.17) is 4.42 Å². The highest BCUT2D eigenvalue weighted by molar-refractivity contribution is 8.00. The van der Waals surface area contributed by atoms with Crippen molar-refractivity contribution in [2.24, 2.45) is 0 Å². The van der Waals surface area contributed by atoms with Crippen LogP contribution in [0.3, 0.4) is 0 Å². The second-order valence-electron chi connectivity index (χ2n) is 5.97. The quantitative estimate of drug-likeness (QED) is 0.671. The minimum atomic E-state index is -0.563. The molecule has 1 aromatic heterocycles. The van der Waals surface area contributed by atoms with E-state index in [2.05, 4.69) is 15.6 Å². The summed E-state index contributed by atoms with van der Waals surface area (Å²) in [7, 11) is 0. The summed E-state index contributed by atoms with van der Waals surface area (Å²) in [5.74, 6) is -0.417. The number of oxazole rings is 1. The van der Waals surface area contributed by atoms with E-state index < -0.39 is 17.2 Å². The van der Waals surface area contributed by atoms with Crippen LogP contribution in [0.2, 0.25) is 0 Å². The van der Waals surface area contributed by atoms with Crippen molar-refractivity contribution in [3.8, 4) is 0 Å². The number of rotatable bonds is 4. The molecule has 0 radical (unpaired) electrons. The minimum absolute atomic E-state index is 0.392. The molecule has 1 heterocycles. The van der Waals surface area contributed by atoms with Gasteiger partial charge >= 0.3 is 6.03 Å². The molecule has 1 unspecified atom stereocenters. The standard InChI is InChI=1S/C19H19N3O3S/c1-11-8-9-14(12(2)10-11)20-18(24)22-17(23)13(3)26-19-21-15-6-4-5-7-16(15)25-19/h4-10,13H,1-3H3,(H2,20,22,23,24). The van der Waals surface area contributed by atoms with E-state index in [0.717, 1.165) is 28.4 Å². The summed E-state index contributed by atoms with van der Waals surface area (Å²) >= 11 is 1.16. The molecule has 2 N–H and O–H groups in total. The lowest BCUT2D eigenvalue weighted by atomic mass is 10.1. The number of para-hydroxylation sites is 2. The minimum Gasteiger partial charge on any atom is -0.431 e. The molecule has 3 rings (SSSR count). The number of hydrogen-bond donors (Lipinski definition) is 2.